The Labute approximate surface area is 126 Å². The van der Waals surface area contributed by atoms with E-state index in [1.54, 1.807) is 14.0 Å². The van der Waals surface area contributed by atoms with Crippen molar-refractivity contribution in [3.8, 4) is 16.9 Å². The van der Waals surface area contributed by atoms with Gasteiger partial charge in [-0.1, -0.05) is 0 Å². The van der Waals surface area contributed by atoms with Crippen molar-refractivity contribution in [1.29, 1.82) is 0 Å². The van der Waals surface area contributed by atoms with E-state index >= 15 is 0 Å². The van der Waals surface area contributed by atoms with Crippen molar-refractivity contribution < 1.29 is 9.15 Å². The first-order chi connectivity index (χ1) is 10.0. The molecular formula is C16H15NO3S. The Balaban J connectivity index is 2.40. The van der Waals surface area contributed by atoms with Crippen LogP contribution in [0.2, 0.25) is 0 Å². The summed E-state index contributed by atoms with van der Waals surface area (Å²) in [5, 5.41) is 2.83. The Bertz CT molecular complexity index is 892. The number of benzene rings is 1. The lowest BCUT2D eigenvalue weighted by molar-refractivity contribution is 0.418. The number of hydrogen-bond acceptors (Lipinski definition) is 5. The fraction of sp³-hybridized carbons (Fsp3) is 0.250. The fourth-order valence-electron chi connectivity index (χ4n) is 2.44. The summed E-state index contributed by atoms with van der Waals surface area (Å²) < 4.78 is 15.2. The van der Waals surface area contributed by atoms with Crippen LogP contribution in [-0.2, 0) is 0 Å². The van der Waals surface area contributed by atoms with Gasteiger partial charge in [-0.15, -0.1) is 0 Å². The maximum absolute atomic E-state index is 11.9. The highest BCUT2D eigenvalue weighted by molar-refractivity contribution is 7.04. The Kier molecular flexibility index (Phi) is 3.29. The third kappa shape index (κ3) is 2.14. The van der Waals surface area contributed by atoms with E-state index in [4.69, 9.17) is 9.15 Å². The van der Waals surface area contributed by atoms with Crippen LogP contribution < -0.4 is 10.4 Å². The summed E-state index contributed by atoms with van der Waals surface area (Å²) in [4.78, 5) is 11.9. The summed E-state index contributed by atoms with van der Waals surface area (Å²) in [5.74, 6) is 0.706. The van der Waals surface area contributed by atoms with Crippen molar-refractivity contribution in [3.63, 3.8) is 0 Å². The zero-order valence-electron chi connectivity index (χ0n) is 12.3. The second-order valence-corrected chi connectivity index (χ2v) is 5.63. The number of aromatic nitrogens is 1. The van der Waals surface area contributed by atoms with Crippen LogP contribution in [0.1, 0.15) is 16.8 Å². The van der Waals surface area contributed by atoms with Crippen molar-refractivity contribution in [2.45, 2.75) is 20.8 Å². The van der Waals surface area contributed by atoms with Crippen LogP contribution in [0, 0.1) is 20.8 Å². The minimum atomic E-state index is -0.306. The number of ether oxygens (including phenoxy) is 1. The quantitative estimate of drug-likeness (QED) is 0.675. The van der Waals surface area contributed by atoms with Gasteiger partial charge in [0.15, 0.2) is 0 Å². The molecule has 21 heavy (non-hydrogen) atoms. The smallest absolute Gasteiger partial charge is 0.339 e. The van der Waals surface area contributed by atoms with Gasteiger partial charge in [0.25, 0.3) is 0 Å². The summed E-state index contributed by atoms with van der Waals surface area (Å²) in [7, 11) is 1.62. The van der Waals surface area contributed by atoms with Crippen molar-refractivity contribution >= 4 is 22.5 Å². The molecule has 0 bridgehead atoms. The molecule has 0 fully saturated rings. The zero-order chi connectivity index (χ0) is 15.1. The zero-order valence-corrected chi connectivity index (χ0v) is 13.1. The molecule has 0 aliphatic carbocycles. The predicted octanol–water partition coefficient (Wildman–Crippen LogP) is 3.85. The molecule has 0 atom stereocenters. The number of nitrogens with zero attached hydrogens (tertiary/aromatic N) is 1. The summed E-state index contributed by atoms with van der Waals surface area (Å²) in [5.41, 5.74) is 4.67. The molecule has 0 amide bonds. The van der Waals surface area contributed by atoms with Crippen LogP contribution in [-0.4, -0.2) is 11.5 Å². The van der Waals surface area contributed by atoms with E-state index in [9.17, 15) is 4.79 Å². The fourth-order valence-corrected chi connectivity index (χ4v) is 3.16. The molecule has 0 spiro atoms. The molecule has 0 saturated heterocycles. The average Bonchev–Trinajstić information content (AvgIpc) is 2.89. The van der Waals surface area contributed by atoms with Gasteiger partial charge in [0.2, 0.25) is 0 Å². The number of fused-ring (bicyclic) bond motifs is 1. The molecule has 0 aliphatic rings. The van der Waals surface area contributed by atoms with Gasteiger partial charge in [-0.3, -0.25) is 0 Å². The molecule has 0 unspecified atom stereocenters. The number of aryl methyl sites for hydroxylation is 2. The standard InChI is InChI=1S/C16H15NO3S/c1-8-9(2)16(18)20-14-6-11(5-13(19-4)15(8)14)12-7-21-17-10(12)3/h5-7H,1-4H3. The lowest BCUT2D eigenvalue weighted by Crippen LogP contribution is -2.06. The highest BCUT2D eigenvalue weighted by Gasteiger charge is 2.15. The van der Waals surface area contributed by atoms with E-state index in [1.807, 2.05) is 31.4 Å². The normalized spacial score (nSPS) is 11.0. The average molecular weight is 301 g/mol. The maximum Gasteiger partial charge on any atom is 0.339 e. The molecule has 3 aromatic rings. The minimum absolute atomic E-state index is 0.306. The SMILES string of the molecule is COc1cc(-c2csnc2C)cc2oc(=O)c(C)c(C)c12. The lowest BCUT2D eigenvalue weighted by Gasteiger charge is -2.11. The molecule has 2 aromatic heterocycles. The van der Waals surface area contributed by atoms with E-state index in [0.717, 1.165) is 27.8 Å². The molecule has 0 N–H and O–H groups in total. The highest BCUT2D eigenvalue weighted by Crippen LogP contribution is 2.35. The predicted molar refractivity (Wildman–Crippen MR) is 84.4 cm³/mol. The molecule has 108 valence electrons. The van der Waals surface area contributed by atoms with Gasteiger partial charge in [-0.05, 0) is 55.6 Å². The number of rotatable bonds is 2. The third-order valence-electron chi connectivity index (χ3n) is 3.79. The first-order valence-electron chi connectivity index (χ1n) is 6.56. The first-order valence-corrected chi connectivity index (χ1v) is 7.40. The molecule has 1 aromatic carbocycles. The van der Waals surface area contributed by atoms with Crippen LogP contribution in [0.25, 0.3) is 22.1 Å². The van der Waals surface area contributed by atoms with E-state index < -0.39 is 0 Å². The molecule has 2 heterocycles. The molecule has 0 radical (unpaired) electrons. The topological polar surface area (TPSA) is 52.3 Å². The Hall–Kier alpha value is -2.14. The van der Waals surface area contributed by atoms with Crippen LogP contribution in [0.3, 0.4) is 0 Å². The van der Waals surface area contributed by atoms with Gasteiger partial charge in [0.1, 0.15) is 11.3 Å². The molecule has 0 saturated carbocycles. The largest absolute Gasteiger partial charge is 0.496 e. The van der Waals surface area contributed by atoms with E-state index in [0.29, 0.717) is 16.9 Å². The highest BCUT2D eigenvalue weighted by atomic mass is 32.1. The summed E-state index contributed by atoms with van der Waals surface area (Å²) in [6.45, 7) is 5.63. The van der Waals surface area contributed by atoms with Crippen molar-refractivity contribution in [2.24, 2.45) is 0 Å². The van der Waals surface area contributed by atoms with Crippen LogP contribution in [0.15, 0.2) is 26.7 Å². The molecule has 5 heteroatoms. The maximum atomic E-state index is 11.9. The van der Waals surface area contributed by atoms with Gasteiger partial charge in [0, 0.05) is 16.5 Å². The van der Waals surface area contributed by atoms with E-state index in [2.05, 4.69) is 4.37 Å². The van der Waals surface area contributed by atoms with Gasteiger partial charge >= 0.3 is 5.63 Å². The van der Waals surface area contributed by atoms with E-state index in [1.165, 1.54) is 11.5 Å². The Morgan fingerprint density at radius 1 is 1.19 bits per heavy atom. The molecule has 3 rings (SSSR count). The Morgan fingerprint density at radius 3 is 2.57 bits per heavy atom. The van der Waals surface area contributed by atoms with Gasteiger partial charge < -0.3 is 9.15 Å². The molecular weight excluding hydrogens is 286 g/mol. The van der Waals surface area contributed by atoms with Gasteiger partial charge in [0.05, 0.1) is 18.2 Å². The second kappa shape index (κ2) is 5.00. The second-order valence-electron chi connectivity index (χ2n) is 5.00. The first kappa shape index (κ1) is 13.8. The van der Waals surface area contributed by atoms with Crippen molar-refractivity contribution in [2.75, 3.05) is 7.11 Å². The van der Waals surface area contributed by atoms with Crippen molar-refractivity contribution in [1.82, 2.24) is 4.37 Å². The van der Waals surface area contributed by atoms with Gasteiger partial charge in [-0.25, -0.2) is 4.79 Å². The van der Waals surface area contributed by atoms with E-state index in [-0.39, 0.29) is 5.63 Å². The van der Waals surface area contributed by atoms with Gasteiger partial charge in [-0.2, -0.15) is 4.37 Å². The summed E-state index contributed by atoms with van der Waals surface area (Å²) >= 11 is 1.41. The van der Waals surface area contributed by atoms with Crippen molar-refractivity contribution in [3.05, 3.63) is 44.8 Å². The monoisotopic (exact) mass is 301 g/mol. The number of hydrogen-bond donors (Lipinski definition) is 0. The molecule has 0 aliphatic heterocycles. The Morgan fingerprint density at radius 2 is 1.95 bits per heavy atom. The number of methoxy groups -OCH3 is 1. The summed E-state index contributed by atoms with van der Waals surface area (Å²) in [6.07, 6.45) is 0. The minimum Gasteiger partial charge on any atom is -0.496 e. The third-order valence-corrected chi connectivity index (χ3v) is 4.51. The van der Waals surface area contributed by atoms with Crippen LogP contribution in [0.5, 0.6) is 5.75 Å². The van der Waals surface area contributed by atoms with Crippen LogP contribution >= 0.6 is 11.5 Å². The summed E-state index contributed by atoms with van der Waals surface area (Å²) in [6, 6.07) is 3.84. The van der Waals surface area contributed by atoms with Crippen LogP contribution in [0.4, 0.5) is 0 Å². The lowest BCUT2D eigenvalue weighted by atomic mass is 10.0. The molecule has 4 nitrogen and oxygen atoms in total.